The van der Waals surface area contributed by atoms with Gasteiger partial charge in [-0.3, -0.25) is 9.78 Å². The van der Waals surface area contributed by atoms with Gasteiger partial charge >= 0.3 is 5.97 Å². The molecule has 2 aromatic rings. The Morgan fingerprint density at radius 3 is 2.88 bits per heavy atom. The van der Waals surface area contributed by atoms with Crippen molar-refractivity contribution in [2.75, 3.05) is 24.7 Å². The predicted molar refractivity (Wildman–Crippen MR) is 93.5 cm³/mol. The highest BCUT2D eigenvalue weighted by Gasteiger charge is 2.23. The Morgan fingerprint density at radius 1 is 1.42 bits per heavy atom. The van der Waals surface area contributed by atoms with Gasteiger partial charge in [0.1, 0.15) is 10.7 Å². The summed E-state index contributed by atoms with van der Waals surface area (Å²) >= 11 is 1.52. The Bertz CT molecular complexity index is 804. The Kier molecular flexibility index (Phi) is 4.75. The van der Waals surface area contributed by atoms with Gasteiger partial charge in [0.25, 0.3) is 5.56 Å². The molecule has 1 aromatic heterocycles. The van der Waals surface area contributed by atoms with E-state index in [9.17, 15) is 9.59 Å². The molecular formula is C16H18N4O3S. The number of carbonyl (C=O) groups is 1. The van der Waals surface area contributed by atoms with Crippen LogP contribution in [0.3, 0.4) is 0 Å². The molecule has 24 heavy (non-hydrogen) atoms. The monoisotopic (exact) mass is 346 g/mol. The highest BCUT2D eigenvalue weighted by atomic mass is 32.2. The lowest BCUT2D eigenvalue weighted by Crippen LogP contribution is -2.28. The number of nitrogen functional groups attached to an aromatic ring is 1. The molecule has 1 atom stereocenters. The minimum Gasteiger partial charge on any atom is -0.465 e. The third-order valence-electron chi connectivity index (χ3n) is 3.81. The number of fused-ring (bicyclic) bond motifs is 1. The maximum Gasteiger partial charge on any atom is 0.337 e. The highest BCUT2D eigenvalue weighted by Crippen LogP contribution is 2.33. The molecule has 2 heterocycles. The molecule has 0 amide bonds. The lowest BCUT2D eigenvalue weighted by Gasteiger charge is -2.24. The summed E-state index contributed by atoms with van der Waals surface area (Å²) in [4.78, 5) is 30.6. The number of aromatic nitrogens is 2. The molecule has 8 heteroatoms. The van der Waals surface area contributed by atoms with Crippen molar-refractivity contribution in [2.45, 2.75) is 23.0 Å². The molecule has 0 fully saturated rings. The molecule has 0 bridgehead atoms. The van der Waals surface area contributed by atoms with Gasteiger partial charge in [0.2, 0.25) is 5.95 Å². The van der Waals surface area contributed by atoms with E-state index in [-0.39, 0.29) is 22.7 Å². The van der Waals surface area contributed by atoms with Crippen molar-refractivity contribution in [3.63, 3.8) is 0 Å². The van der Waals surface area contributed by atoms with Crippen LogP contribution in [0.1, 0.15) is 22.3 Å². The first kappa shape index (κ1) is 16.4. The largest absolute Gasteiger partial charge is 0.465 e. The topological polar surface area (TPSA) is 110 Å². The molecule has 4 N–H and O–H groups in total. The fourth-order valence-electron chi connectivity index (χ4n) is 2.54. The second-order valence-corrected chi connectivity index (χ2v) is 6.79. The Morgan fingerprint density at radius 2 is 2.17 bits per heavy atom. The zero-order valence-electron chi connectivity index (χ0n) is 13.2. The fraction of sp³-hybridized carbons (Fsp3) is 0.312. The van der Waals surface area contributed by atoms with Gasteiger partial charge in [0.15, 0.2) is 0 Å². The van der Waals surface area contributed by atoms with Crippen LogP contribution in [0.15, 0.2) is 34.0 Å². The summed E-state index contributed by atoms with van der Waals surface area (Å²) in [5.74, 6) is 0.340. The van der Waals surface area contributed by atoms with Gasteiger partial charge in [-0.2, -0.15) is 4.98 Å². The van der Waals surface area contributed by atoms with Gasteiger partial charge < -0.3 is 15.8 Å². The molecule has 0 spiro atoms. The standard InChI is InChI=1S/C16H18N4O3S/c1-23-15(22)10-5-2-9(3-6-10)4-7-11-8-18-13-12(24-11)14(21)20-16(17)19-13/h2-3,5-6,11H,4,7-8H2,1H3,(H4,17,18,19,20,21). The number of rotatable bonds is 4. The van der Waals surface area contributed by atoms with Crippen LogP contribution in [0.4, 0.5) is 11.8 Å². The van der Waals surface area contributed by atoms with Crippen molar-refractivity contribution < 1.29 is 9.53 Å². The summed E-state index contributed by atoms with van der Waals surface area (Å²) in [7, 11) is 1.37. The van der Waals surface area contributed by atoms with Crippen molar-refractivity contribution in [2.24, 2.45) is 0 Å². The quantitative estimate of drug-likeness (QED) is 0.722. The summed E-state index contributed by atoms with van der Waals surface area (Å²) in [5, 5.41) is 3.44. The number of carbonyl (C=O) groups excluding carboxylic acids is 1. The molecule has 1 unspecified atom stereocenters. The van der Waals surface area contributed by atoms with Gasteiger partial charge in [-0.25, -0.2) is 4.79 Å². The minimum absolute atomic E-state index is 0.121. The van der Waals surface area contributed by atoms with Crippen LogP contribution < -0.4 is 16.6 Å². The van der Waals surface area contributed by atoms with E-state index < -0.39 is 0 Å². The van der Waals surface area contributed by atoms with E-state index in [1.54, 1.807) is 12.1 Å². The molecule has 1 aliphatic heterocycles. The first-order valence-electron chi connectivity index (χ1n) is 7.54. The average Bonchev–Trinajstić information content (AvgIpc) is 2.60. The number of nitrogens with one attached hydrogen (secondary N) is 2. The van der Waals surface area contributed by atoms with Crippen LogP contribution in [0, 0.1) is 0 Å². The molecule has 3 rings (SSSR count). The van der Waals surface area contributed by atoms with E-state index in [1.165, 1.54) is 18.9 Å². The predicted octanol–water partition coefficient (Wildman–Crippen LogP) is 1.66. The molecule has 126 valence electrons. The Labute approximate surface area is 143 Å². The number of ether oxygens (including phenoxy) is 1. The number of anilines is 2. The van der Waals surface area contributed by atoms with Gasteiger partial charge in [-0.15, -0.1) is 11.8 Å². The van der Waals surface area contributed by atoms with Crippen LogP contribution in [0.25, 0.3) is 0 Å². The number of esters is 1. The van der Waals surface area contributed by atoms with Gasteiger partial charge in [-0.05, 0) is 30.5 Å². The van der Waals surface area contributed by atoms with Crippen LogP contribution in [0.2, 0.25) is 0 Å². The summed E-state index contributed by atoms with van der Waals surface area (Å²) in [6, 6.07) is 7.38. The van der Waals surface area contributed by atoms with Gasteiger partial charge in [-0.1, -0.05) is 12.1 Å². The molecule has 0 saturated carbocycles. The molecule has 0 aliphatic carbocycles. The van der Waals surface area contributed by atoms with Crippen molar-refractivity contribution in [1.29, 1.82) is 0 Å². The third kappa shape index (κ3) is 3.53. The third-order valence-corrected chi connectivity index (χ3v) is 5.16. The summed E-state index contributed by atoms with van der Waals surface area (Å²) < 4.78 is 4.69. The fourth-order valence-corrected chi connectivity index (χ4v) is 3.66. The smallest absolute Gasteiger partial charge is 0.337 e. The number of H-pyrrole nitrogens is 1. The number of thioether (sulfide) groups is 1. The van der Waals surface area contributed by atoms with Crippen LogP contribution in [-0.2, 0) is 11.2 Å². The van der Waals surface area contributed by atoms with Crippen molar-refractivity contribution in [3.05, 3.63) is 45.7 Å². The second-order valence-electron chi connectivity index (χ2n) is 5.48. The van der Waals surface area contributed by atoms with E-state index >= 15 is 0 Å². The Hall–Kier alpha value is -2.48. The molecular weight excluding hydrogens is 328 g/mol. The minimum atomic E-state index is -0.337. The Balaban J connectivity index is 1.62. The number of aryl methyl sites for hydroxylation is 1. The molecule has 1 aromatic carbocycles. The van der Waals surface area contributed by atoms with Crippen LogP contribution >= 0.6 is 11.8 Å². The van der Waals surface area contributed by atoms with Crippen molar-refractivity contribution in [1.82, 2.24) is 9.97 Å². The van der Waals surface area contributed by atoms with Gasteiger partial charge in [0.05, 0.1) is 12.7 Å². The molecule has 7 nitrogen and oxygen atoms in total. The number of benzene rings is 1. The second kappa shape index (κ2) is 6.96. The first-order valence-corrected chi connectivity index (χ1v) is 8.42. The van der Waals surface area contributed by atoms with E-state index in [2.05, 4.69) is 20.0 Å². The summed E-state index contributed by atoms with van der Waals surface area (Å²) in [6.07, 6.45) is 1.76. The van der Waals surface area contributed by atoms with E-state index in [0.29, 0.717) is 16.3 Å². The van der Waals surface area contributed by atoms with Crippen LogP contribution in [-0.4, -0.2) is 34.8 Å². The van der Waals surface area contributed by atoms with E-state index in [4.69, 9.17) is 5.73 Å². The summed E-state index contributed by atoms with van der Waals surface area (Å²) in [6.45, 7) is 0.730. The maximum absolute atomic E-state index is 12.0. The molecule has 0 radical (unpaired) electrons. The van der Waals surface area contributed by atoms with Crippen molar-refractivity contribution >= 4 is 29.5 Å². The number of methoxy groups -OCH3 is 1. The van der Waals surface area contributed by atoms with E-state index in [0.717, 1.165) is 24.9 Å². The van der Waals surface area contributed by atoms with Crippen LogP contribution in [0.5, 0.6) is 0 Å². The number of hydrogen-bond acceptors (Lipinski definition) is 7. The number of nitrogens with zero attached hydrogens (tertiary/aromatic N) is 1. The lowest BCUT2D eigenvalue weighted by molar-refractivity contribution is 0.0600. The highest BCUT2D eigenvalue weighted by molar-refractivity contribution is 8.00. The average molecular weight is 346 g/mol. The normalized spacial score (nSPS) is 16.1. The molecule has 1 aliphatic rings. The first-order chi connectivity index (χ1) is 11.6. The zero-order valence-corrected chi connectivity index (χ0v) is 14.0. The van der Waals surface area contributed by atoms with Gasteiger partial charge in [0, 0.05) is 11.8 Å². The number of aromatic amines is 1. The maximum atomic E-state index is 12.0. The summed E-state index contributed by atoms with van der Waals surface area (Å²) in [5.41, 5.74) is 7.02. The zero-order chi connectivity index (χ0) is 17.1. The molecule has 0 saturated heterocycles. The SMILES string of the molecule is COC(=O)c1ccc(CCC2CNc3nc(N)[nH]c(=O)c3S2)cc1. The van der Waals surface area contributed by atoms with E-state index in [1.807, 2.05) is 12.1 Å². The lowest BCUT2D eigenvalue weighted by atomic mass is 10.1. The number of nitrogens with two attached hydrogens (primary N) is 1. The number of hydrogen-bond donors (Lipinski definition) is 3. The van der Waals surface area contributed by atoms with Crippen molar-refractivity contribution in [3.8, 4) is 0 Å².